The van der Waals surface area contributed by atoms with Gasteiger partial charge < -0.3 is 0 Å². The van der Waals surface area contributed by atoms with Gasteiger partial charge in [0.05, 0.1) is 0 Å². The Kier molecular flexibility index (Phi) is 9.13. The van der Waals surface area contributed by atoms with E-state index in [2.05, 4.69) is 38.1 Å². The number of hydrogen-bond acceptors (Lipinski definition) is 0. The third-order valence-corrected chi connectivity index (χ3v) is 1.17. The molecule has 0 aromatic heterocycles. The summed E-state index contributed by atoms with van der Waals surface area (Å²) in [5.74, 6) is 0. The molecule has 0 N–H and O–H groups in total. The molecule has 0 nitrogen and oxygen atoms in total. The monoisotopic (exact) mass is 220 g/mol. The zero-order chi connectivity index (χ0) is 12.5. The molecule has 0 saturated carbocycles. The minimum absolute atomic E-state index is 0.188. The largest absolute Gasteiger partial charge is 0.386 e. The van der Waals surface area contributed by atoms with E-state index < -0.39 is 6.18 Å². The van der Waals surface area contributed by atoms with Gasteiger partial charge in [0.15, 0.2) is 0 Å². The molecule has 0 unspecified atom stereocenters. The summed E-state index contributed by atoms with van der Waals surface area (Å²) in [7, 11) is 0. The Labute approximate surface area is 90.1 Å². The lowest BCUT2D eigenvalue weighted by Crippen LogP contribution is -1.95. The highest BCUT2D eigenvalue weighted by Gasteiger charge is 2.15. The number of aryl methyl sites for hydroxylation is 2. The fourth-order valence-corrected chi connectivity index (χ4v) is 0.807. The van der Waals surface area contributed by atoms with Crippen molar-refractivity contribution in [3.05, 3.63) is 35.4 Å². The van der Waals surface area contributed by atoms with Crippen molar-refractivity contribution >= 4 is 0 Å². The highest BCUT2D eigenvalue weighted by molar-refractivity contribution is 5.20. The quantitative estimate of drug-likeness (QED) is 0.583. The molecule has 0 spiro atoms. The summed E-state index contributed by atoms with van der Waals surface area (Å²) in [4.78, 5) is 0. The molecule has 0 aliphatic rings. The average Bonchev–Trinajstić information content (AvgIpc) is 2.04. The summed E-state index contributed by atoms with van der Waals surface area (Å²) in [6, 6.07) is 8.45. The van der Waals surface area contributed by atoms with Crippen molar-refractivity contribution in [2.24, 2.45) is 0 Å². The summed E-state index contributed by atoms with van der Waals surface area (Å²) < 4.78 is 31.1. The number of hydrogen-bond donors (Lipinski definition) is 0. The molecule has 88 valence electrons. The number of rotatable bonds is 0. The van der Waals surface area contributed by atoms with Crippen LogP contribution in [0, 0.1) is 13.8 Å². The van der Waals surface area contributed by atoms with Crippen molar-refractivity contribution in [1.82, 2.24) is 0 Å². The van der Waals surface area contributed by atoms with E-state index in [-0.39, 0.29) is 6.92 Å². The van der Waals surface area contributed by atoms with E-state index in [0.717, 1.165) is 0 Å². The van der Waals surface area contributed by atoms with Crippen LogP contribution in [0.5, 0.6) is 0 Å². The van der Waals surface area contributed by atoms with Crippen molar-refractivity contribution in [2.45, 2.75) is 40.8 Å². The van der Waals surface area contributed by atoms with Gasteiger partial charge in [0.1, 0.15) is 0 Å². The Bertz CT molecular complexity index is 228. The summed E-state index contributed by atoms with van der Waals surface area (Å²) in [6.07, 6.45) is -4.00. The predicted molar refractivity (Wildman–Crippen MR) is 59.0 cm³/mol. The molecule has 0 saturated heterocycles. The van der Waals surface area contributed by atoms with Gasteiger partial charge in [-0.25, -0.2) is 0 Å². The van der Waals surface area contributed by atoms with E-state index >= 15 is 0 Å². The van der Waals surface area contributed by atoms with Crippen LogP contribution in [0.1, 0.15) is 31.9 Å². The molecule has 3 heteroatoms. The molecule has 1 rings (SSSR count). The summed E-state index contributed by atoms with van der Waals surface area (Å²) in [6.45, 7) is 8.40. The van der Waals surface area contributed by atoms with E-state index in [1.165, 1.54) is 11.1 Å². The Hall–Kier alpha value is -0.990. The van der Waals surface area contributed by atoms with Crippen LogP contribution in [0.3, 0.4) is 0 Å². The highest BCUT2D eigenvalue weighted by atomic mass is 19.4. The summed E-state index contributed by atoms with van der Waals surface area (Å²) >= 11 is 0. The smallest absolute Gasteiger partial charge is 0.172 e. The van der Waals surface area contributed by atoms with E-state index in [0.29, 0.717) is 0 Å². The normalized spacial score (nSPS) is 9.33. The third kappa shape index (κ3) is 19.4. The minimum atomic E-state index is -4.00. The van der Waals surface area contributed by atoms with Crippen LogP contribution >= 0.6 is 0 Å². The lowest BCUT2D eigenvalue weighted by molar-refractivity contribution is -0.110. The lowest BCUT2D eigenvalue weighted by Gasteiger charge is -1.90. The molecule has 15 heavy (non-hydrogen) atoms. The number of benzene rings is 1. The zero-order valence-corrected chi connectivity index (χ0v) is 9.94. The van der Waals surface area contributed by atoms with Crippen LogP contribution < -0.4 is 0 Å². The second-order valence-electron chi connectivity index (χ2n) is 2.94. The molecule has 0 aliphatic carbocycles. The molecule has 0 amide bonds. The maximum absolute atomic E-state index is 10.4. The van der Waals surface area contributed by atoms with Crippen LogP contribution in [0.25, 0.3) is 0 Å². The minimum Gasteiger partial charge on any atom is -0.172 e. The molecule has 1 aromatic rings. The molecule has 0 aliphatic heterocycles. The lowest BCUT2D eigenvalue weighted by atomic mass is 10.2. The maximum Gasteiger partial charge on any atom is 0.386 e. The molecule has 0 fully saturated rings. The van der Waals surface area contributed by atoms with Crippen molar-refractivity contribution in [1.29, 1.82) is 0 Å². The van der Waals surface area contributed by atoms with E-state index in [4.69, 9.17) is 0 Å². The fraction of sp³-hybridized carbons (Fsp3) is 0.500. The van der Waals surface area contributed by atoms with Crippen LogP contribution in [-0.4, -0.2) is 6.18 Å². The second kappa shape index (κ2) is 8.33. The van der Waals surface area contributed by atoms with Gasteiger partial charge >= 0.3 is 6.18 Å². The van der Waals surface area contributed by atoms with Crippen LogP contribution in [0.15, 0.2) is 24.3 Å². The highest BCUT2D eigenvalue weighted by Crippen LogP contribution is 2.10. The van der Waals surface area contributed by atoms with E-state index in [1.54, 1.807) is 0 Å². The van der Waals surface area contributed by atoms with Gasteiger partial charge in [-0.3, -0.25) is 0 Å². The Morgan fingerprint density at radius 3 is 1.33 bits per heavy atom. The van der Waals surface area contributed by atoms with E-state index in [9.17, 15) is 13.2 Å². The van der Waals surface area contributed by atoms with Crippen LogP contribution in [0.2, 0.25) is 0 Å². The molecular weight excluding hydrogens is 201 g/mol. The SMILES string of the molecule is CC.CC(F)(F)F.Cc1cccc(C)c1. The van der Waals surface area contributed by atoms with Crippen molar-refractivity contribution in [3.8, 4) is 0 Å². The summed E-state index contributed by atoms with van der Waals surface area (Å²) in [5, 5.41) is 0. The van der Waals surface area contributed by atoms with Crippen molar-refractivity contribution in [3.63, 3.8) is 0 Å². The molecule has 0 heterocycles. The molecular formula is C12H19F3. The van der Waals surface area contributed by atoms with Crippen molar-refractivity contribution < 1.29 is 13.2 Å². The van der Waals surface area contributed by atoms with Gasteiger partial charge in [-0.2, -0.15) is 13.2 Å². The van der Waals surface area contributed by atoms with Crippen LogP contribution in [0.4, 0.5) is 13.2 Å². The first kappa shape index (κ1) is 16.4. The first-order valence-corrected chi connectivity index (χ1v) is 4.89. The molecule has 0 atom stereocenters. The van der Waals surface area contributed by atoms with Gasteiger partial charge in [-0.15, -0.1) is 0 Å². The standard InChI is InChI=1S/C8H10.C2H3F3.C2H6/c1-7-4-3-5-8(2)6-7;1-2(3,4)5;1-2/h3-6H,1-2H3;1H3;1-2H3. The van der Waals surface area contributed by atoms with E-state index in [1.807, 2.05) is 13.8 Å². The van der Waals surface area contributed by atoms with Crippen molar-refractivity contribution in [2.75, 3.05) is 0 Å². The number of halogens is 3. The fourth-order valence-electron chi connectivity index (χ4n) is 0.807. The first-order valence-electron chi connectivity index (χ1n) is 4.89. The Balaban J connectivity index is 0. The second-order valence-corrected chi connectivity index (χ2v) is 2.94. The van der Waals surface area contributed by atoms with Crippen LogP contribution in [-0.2, 0) is 0 Å². The third-order valence-electron chi connectivity index (χ3n) is 1.17. The first-order chi connectivity index (χ1) is 6.79. The molecule has 0 radical (unpaired) electrons. The Morgan fingerprint density at radius 1 is 0.933 bits per heavy atom. The predicted octanol–water partition coefficient (Wildman–Crippen LogP) is 4.90. The number of alkyl halides is 3. The van der Waals surface area contributed by atoms with Gasteiger partial charge in [0.2, 0.25) is 0 Å². The average molecular weight is 220 g/mol. The van der Waals surface area contributed by atoms with Gasteiger partial charge in [-0.1, -0.05) is 49.2 Å². The molecule has 1 aromatic carbocycles. The Morgan fingerprint density at radius 2 is 1.20 bits per heavy atom. The maximum atomic E-state index is 10.4. The molecule has 0 bridgehead atoms. The van der Waals surface area contributed by atoms with Gasteiger partial charge in [0, 0.05) is 6.92 Å². The van der Waals surface area contributed by atoms with Gasteiger partial charge in [-0.05, 0) is 13.8 Å². The van der Waals surface area contributed by atoms with Gasteiger partial charge in [0.25, 0.3) is 0 Å². The topological polar surface area (TPSA) is 0 Å². The zero-order valence-electron chi connectivity index (χ0n) is 9.94. The summed E-state index contributed by atoms with van der Waals surface area (Å²) in [5.41, 5.74) is 2.68.